The summed E-state index contributed by atoms with van der Waals surface area (Å²) in [5.74, 6) is -1.74. The zero-order valence-electron chi connectivity index (χ0n) is 15.9. The first-order chi connectivity index (χ1) is 14.9. The number of carbonyl (C=O) groups is 2. The zero-order chi connectivity index (χ0) is 21.9. The molecule has 1 unspecified atom stereocenters. The number of hydrogen-bond donors (Lipinski definition) is 2. The Labute approximate surface area is 174 Å². The molecule has 9 nitrogen and oxygen atoms in total. The first-order valence-corrected chi connectivity index (χ1v) is 9.25. The van der Waals surface area contributed by atoms with E-state index < -0.39 is 29.4 Å². The maximum atomic E-state index is 13.9. The van der Waals surface area contributed by atoms with Gasteiger partial charge in [-0.2, -0.15) is 5.26 Å². The van der Waals surface area contributed by atoms with E-state index in [9.17, 15) is 19.6 Å². The lowest BCUT2D eigenvalue weighted by Gasteiger charge is -2.33. The van der Waals surface area contributed by atoms with Gasteiger partial charge in [-0.25, -0.2) is 4.79 Å². The second kappa shape index (κ2) is 6.21. The molecule has 3 heterocycles. The molecule has 2 aromatic carbocycles. The van der Waals surface area contributed by atoms with Crippen molar-refractivity contribution in [1.82, 2.24) is 0 Å². The molecule has 2 aliphatic rings. The van der Waals surface area contributed by atoms with E-state index in [1.54, 1.807) is 48.5 Å². The molecule has 2 amide bonds. The van der Waals surface area contributed by atoms with E-state index in [4.69, 9.17) is 20.6 Å². The van der Waals surface area contributed by atoms with Gasteiger partial charge in [0.15, 0.2) is 11.2 Å². The van der Waals surface area contributed by atoms with E-state index in [0.717, 1.165) is 4.90 Å². The van der Waals surface area contributed by atoms with Crippen LogP contribution in [0.2, 0.25) is 0 Å². The van der Waals surface area contributed by atoms with Gasteiger partial charge < -0.3 is 25.5 Å². The number of nitrogens with zero attached hydrogens (tertiary/aromatic N) is 2. The highest BCUT2D eigenvalue weighted by atomic mass is 16.5. The maximum Gasteiger partial charge on any atom is 0.345 e. The number of carbonyl (C=O) groups excluding carboxylic acids is 2. The normalized spacial score (nSPS) is 19.2. The molecule has 0 radical (unpaired) electrons. The molecular formula is C22H14N4O5. The zero-order valence-corrected chi connectivity index (χ0v) is 15.9. The average molecular weight is 414 g/mol. The quantitative estimate of drug-likeness (QED) is 0.593. The molecule has 0 bridgehead atoms. The van der Waals surface area contributed by atoms with Crippen molar-refractivity contribution in [2.24, 2.45) is 11.5 Å². The lowest BCUT2D eigenvalue weighted by atomic mass is 9.69. The molecule has 9 heteroatoms. The molecule has 152 valence electrons. The molecule has 1 atom stereocenters. The summed E-state index contributed by atoms with van der Waals surface area (Å²) in [6.07, 6.45) is 0. The number of hydrogen-bond acceptors (Lipinski definition) is 7. The summed E-state index contributed by atoms with van der Waals surface area (Å²) >= 11 is 0. The fourth-order valence-corrected chi connectivity index (χ4v) is 4.41. The smallest absolute Gasteiger partial charge is 0.345 e. The number of nitrogens with two attached hydrogens (primary N) is 2. The van der Waals surface area contributed by atoms with Gasteiger partial charge in [0, 0.05) is 11.3 Å². The van der Waals surface area contributed by atoms with Gasteiger partial charge in [0.25, 0.3) is 0 Å². The number of benzene rings is 2. The largest absolute Gasteiger partial charge is 0.439 e. The van der Waals surface area contributed by atoms with Gasteiger partial charge in [-0.15, -0.1) is 0 Å². The van der Waals surface area contributed by atoms with Crippen LogP contribution in [0.4, 0.5) is 5.69 Å². The van der Waals surface area contributed by atoms with Crippen LogP contribution in [0.3, 0.4) is 0 Å². The first-order valence-electron chi connectivity index (χ1n) is 9.25. The molecule has 1 aromatic heterocycles. The van der Waals surface area contributed by atoms with E-state index in [1.165, 1.54) is 0 Å². The third-order valence-electron chi connectivity index (χ3n) is 5.56. The van der Waals surface area contributed by atoms with E-state index >= 15 is 0 Å². The van der Waals surface area contributed by atoms with Gasteiger partial charge in [0.1, 0.15) is 29.3 Å². The third-order valence-corrected chi connectivity index (χ3v) is 5.56. The number of primary amides is 1. The highest BCUT2D eigenvalue weighted by molar-refractivity contribution is 6.16. The molecule has 0 saturated heterocycles. The van der Waals surface area contributed by atoms with Crippen LogP contribution in [-0.2, 0) is 15.0 Å². The number of fused-ring (bicyclic) bond motifs is 6. The molecule has 31 heavy (non-hydrogen) atoms. The van der Waals surface area contributed by atoms with Crippen LogP contribution in [0, 0.1) is 11.3 Å². The van der Waals surface area contributed by atoms with Crippen molar-refractivity contribution in [3.63, 3.8) is 0 Å². The molecule has 0 aliphatic carbocycles. The topological polar surface area (TPSA) is 153 Å². The minimum Gasteiger partial charge on any atom is -0.439 e. The predicted molar refractivity (Wildman–Crippen MR) is 109 cm³/mol. The summed E-state index contributed by atoms with van der Waals surface area (Å²) in [6, 6.07) is 15.1. The summed E-state index contributed by atoms with van der Waals surface area (Å²) in [4.78, 5) is 39.9. The second-order valence-corrected chi connectivity index (χ2v) is 7.17. The number of amides is 2. The van der Waals surface area contributed by atoms with Crippen molar-refractivity contribution < 1.29 is 18.7 Å². The molecule has 2 aliphatic heterocycles. The van der Waals surface area contributed by atoms with Gasteiger partial charge in [0.05, 0.1) is 5.39 Å². The van der Waals surface area contributed by atoms with Crippen molar-refractivity contribution in [1.29, 1.82) is 5.26 Å². The fraction of sp³-hybridized carbons (Fsp3) is 0.0909. The number of anilines is 1. The van der Waals surface area contributed by atoms with Crippen molar-refractivity contribution in [2.45, 2.75) is 5.41 Å². The Hall–Kier alpha value is -4.58. The molecule has 0 saturated carbocycles. The summed E-state index contributed by atoms with van der Waals surface area (Å²) in [6.45, 7) is -0.439. The van der Waals surface area contributed by atoms with Crippen molar-refractivity contribution >= 4 is 28.5 Å². The minimum atomic E-state index is -1.93. The number of para-hydroxylation sites is 2. The fourth-order valence-electron chi connectivity index (χ4n) is 4.41. The van der Waals surface area contributed by atoms with Gasteiger partial charge in [-0.05, 0) is 18.2 Å². The monoisotopic (exact) mass is 414 g/mol. The number of ether oxygens (including phenoxy) is 1. The highest BCUT2D eigenvalue weighted by Gasteiger charge is 2.61. The molecule has 5 rings (SSSR count). The standard InChI is InChI=1S/C22H14N4O5/c23-9-13-19(25)31-18-11-5-1-4-8-15(11)30-20(28)17(18)22(13)12-6-2-3-7-14(12)26(21(22)29)10-16(24)27/h1-8H,10,25H2,(H2,24,27). The Balaban J connectivity index is 1.97. The Morgan fingerprint density at radius 2 is 1.84 bits per heavy atom. The Kier molecular flexibility index (Phi) is 3.69. The van der Waals surface area contributed by atoms with Crippen LogP contribution in [0.25, 0.3) is 11.0 Å². The van der Waals surface area contributed by atoms with E-state index in [-0.39, 0.29) is 28.4 Å². The summed E-state index contributed by atoms with van der Waals surface area (Å²) in [5, 5.41) is 10.4. The van der Waals surface area contributed by atoms with Crippen LogP contribution < -0.4 is 26.7 Å². The predicted octanol–water partition coefficient (Wildman–Crippen LogP) is 0.997. The third kappa shape index (κ3) is 2.21. The van der Waals surface area contributed by atoms with Crippen LogP contribution in [0.5, 0.6) is 5.75 Å². The van der Waals surface area contributed by atoms with Gasteiger partial charge >= 0.3 is 5.63 Å². The molecule has 3 aromatic rings. The highest BCUT2D eigenvalue weighted by Crippen LogP contribution is 2.55. The Morgan fingerprint density at radius 1 is 1.13 bits per heavy atom. The minimum absolute atomic E-state index is 0.0347. The lowest BCUT2D eigenvalue weighted by Crippen LogP contribution is -2.49. The van der Waals surface area contributed by atoms with Gasteiger partial charge in [-0.1, -0.05) is 30.3 Å². The van der Waals surface area contributed by atoms with E-state index in [2.05, 4.69) is 0 Å². The molecule has 0 fully saturated rings. The Bertz CT molecular complexity index is 1450. The number of nitriles is 1. The van der Waals surface area contributed by atoms with Gasteiger partial charge in [-0.3, -0.25) is 9.59 Å². The van der Waals surface area contributed by atoms with Gasteiger partial charge in [0.2, 0.25) is 17.7 Å². The van der Waals surface area contributed by atoms with E-state index in [1.807, 2.05) is 6.07 Å². The summed E-state index contributed by atoms with van der Waals surface area (Å²) in [5.41, 5.74) is 9.16. The molecule has 1 spiro atoms. The van der Waals surface area contributed by atoms with E-state index in [0.29, 0.717) is 16.6 Å². The summed E-state index contributed by atoms with van der Waals surface area (Å²) < 4.78 is 11.2. The second-order valence-electron chi connectivity index (χ2n) is 7.17. The lowest BCUT2D eigenvalue weighted by molar-refractivity contribution is -0.123. The Morgan fingerprint density at radius 3 is 2.58 bits per heavy atom. The van der Waals surface area contributed by atoms with Crippen LogP contribution in [0.15, 0.2) is 69.2 Å². The van der Waals surface area contributed by atoms with Crippen LogP contribution >= 0.6 is 0 Å². The first kappa shape index (κ1) is 18.4. The van der Waals surface area contributed by atoms with Crippen molar-refractivity contribution in [2.75, 3.05) is 11.4 Å². The van der Waals surface area contributed by atoms with Crippen LogP contribution in [0.1, 0.15) is 11.1 Å². The molecule has 4 N–H and O–H groups in total. The van der Waals surface area contributed by atoms with Crippen LogP contribution in [-0.4, -0.2) is 18.4 Å². The summed E-state index contributed by atoms with van der Waals surface area (Å²) in [7, 11) is 0. The molecular weight excluding hydrogens is 400 g/mol. The maximum absolute atomic E-state index is 13.9. The van der Waals surface area contributed by atoms with Crippen molar-refractivity contribution in [3.05, 3.63) is 81.5 Å². The average Bonchev–Trinajstić information content (AvgIpc) is 2.97. The number of rotatable bonds is 2. The SMILES string of the molecule is N#CC1=C(N)Oc2c(c(=O)oc3ccccc23)C12C(=O)N(CC(N)=O)c1ccccc12. The van der Waals surface area contributed by atoms with Crippen molar-refractivity contribution in [3.8, 4) is 11.8 Å².